The van der Waals surface area contributed by atoms with Gasteiger partial charge in [0.05, 0.1) is 22.1 Å². The van der Waals surface area contributed by atoms with Gasteiger partial charge in [0.2, 0.25) is 0 Å². The average Bonchev–Trinajstić information content (AvgIpc) is 3.87. The molecule has 0 atom stereocenters. The van der Waals surface area contributed by atoms with Gasteiger partial charge in [-0.15, -0.1) is 0 Å². The van der Waals surface area contributed by atoms with Crippen LogP contribution in [0.1, 0.15) is 22.3 Å². The minimum Gasteiger partial charge on any atom is -0.309 e. The van der Waals surface area contributed by atoms with Crippen molar-refractivity contribution in [1.82, 2.24) is 4.57 Å². The third kappa shape index (κ3) is 4.26. The molecule has 1 heterocycles. The van der Waals surface area contributed by atoms with Gasteiger partial charge in [0.25, 0.3) is 0 Å². The predicted molar refractivity (Wildman–Crippen MR) is 233 cm³/mol. The fraction of sp³-hybridized carbons (Fsp3) is 0.0182. The van der Waals surface area contributed by atoms with Crippen molar-refractivity contribution in [1.29, 1.82) is 0 Å². The molecule has 260 valence electrons. The second-order valence-electron chi connectivity index (χ2n) is 15.2. The number of rotatable bonds is 4. The summed E-state index contributed by atoms with van der Waals surface area (Å²) in [6.45, 7) is 0. The normalized spacial score (nSPS) is 13.1. The number of benzene rings is 9. The molecule has 0 bridgehead atoms. The van der Waals surface area contributed by atoms with Gasteiger partial charge in [-0.05, 0) is 115 Å². The quantitative estimate of drug-likeness (QED) is 0.171. The Morgan fingerprint density at radius 2 is 0.732 bits per heavy atom. The Balaban J connectivity index is 1.17. The Morgan fingerprint density at radius 3 is 1.34 bits per heavy atom. The van der Waals surface area contributed by atoms with Crippen molar-refractivity contribution in [2.75, 3.05) is 0 Å². The van der Waals surface area contributed by atoms with E-state index < -0.39 is 5.41 Å². The van der Waals surface area contributed by atoms with Crippen LogP contribution in [0, 0.1) is 0 Å². The van der Waals surface area contributed by atoms with Crippen molar-refractivity contribution >= 4 is 21.8 Å². The Labute approximate surface area is 326 Å². The van der Waals surface area contributed by atoms with E-state index in [1.807, 2.05) is 0 Å². The fourth-order valence-electron chi connectivity index (χ4n) is 10.1. The first-order valence-electron chi connectivity index (χ1n) is 19.5. The highest BCUT2D eigenvalue weighted by atomic mass is 15.0. The number of hydrogen-bond donors (Lipinski definition) is 0. The lowest BCUT2D eigenvalue weighted by Gasteiger charge is -2.30. The Morgan fingerprint density at radius 1 is 0.268 bits per heavy atom. The van der Waals surface area contributed by atoms with Gasteiger partial charge in [0, 0.05) is 16.3 Å². The summed E-state index contributed by atoms with van der Waals surface area (Å²) >= 11 is 0. The molecule has 1 spiro atoms. The molecular formula is C55H35N. The minimum atomic E-state index is -0.414. The highest BCUT2D eigenvalue weighted by Gasteiger charge is 2.51. The maximum absolute atomic E-state index is 2.54. The smallest absolute Gasteiger partial charge is 0.0726 e. The lowest BCUT2D eigenvalue weighted by molar-refractivity contribution is 0.794. The molecule has 2 aliphatic carbocycles. The molecule has 9 aromatic carbocycles. The van der Waals surface area contributed by atoms with Crippen LogP contribution < -0.4 is 0 Å². The number of aromatic nitrogens is 1. The topological polar surface area (TPSA) is 4.93 Å². The summed E-state index contributed by atoms with van der Waals surface area (Å²) in [5.74, 6) is 0. The third-order valence-corrected chi connectivity index (χ3v) is 12.4. The SMILES string of the molecule is c1ccc(-c2cc(-c3ccccc3)cc(-c3ccccc3-n3c4ccccc4c4cc5c(cc43)C3(c4ccccc4-c4ccccc43)c3ccccc3-5)c2)cc1. The molecule has 0 radical (unpaired) electrons. The van der Waals surface area contributed by atoms with E-state index in [4.69, 9.17) is 0 Å². The highest BCUT2D eigenvalue weighted by molar-refractivity contribution is 6.13. The van der Waals surface area contributed by atoms with E-state index in [0.29, 0.717) is 0 Å². The van der Waals surface area contributed by atoms with Gasteiger partial charge in [-0.25, -0.2) is 0 Å². The molecule has 56 heavy (non-hydrogen) atoms. The van der Waals surface area contributed by atoms with Crippen LogP contribution >= 0.6 is 0 Å². The van der Waals surface area contributed by atoms with Gasteiger partial charge in [-0.1, -0.05) is 170 Å². The van der Waals surface area contributed by atoms with Gasteiger partial charge >= 0.3 is 0 Å². The maximum Gasteiger partial charge on any atom is 0.0726 e. The maximum atomic E-state index is 2.54. The molecular weight excluding hydrogens is 675 g/mol. The van der Waals surface area contributed by atoms with Gasteiger partial charge in [-0.2, -0.15) is 0 Å². The molecule has 12 rings (SSSR count). The van der Waals surface area contributed by atoms with Crippen LogP contribution in [-0.2, 0) is 5.41 Å². The molecule has 0 fully saturated rings. The second kappa shape index (κ2) is 11.9. The molecule has 0 N–H and O–H groups in total. The lowest BCUT2D eigenvalue weighted by atomic mass is 9.70. The molecule has 0 aliphatic heterocycles. The van der Waals surface area contributed by atoms with Gasteiger partial charge in [0.15, 0.2) is 0 Å². The Kier molecular flexibility index (Phi) is 6.62. The molecule has 0 saturated heterocycles. The van der Waals surface area contributed by atoms with E-state index in [9.17, 15) is 0 Å². The number of nitrogens with zero attached hydrogens (tertiary/aromatic N) is 1. The van der Waals surface area contributed by atoms with Crippen LogP contribution in [0.4, 0.5) is 0 Å². The van der Waals surface area contributed by atoms with Crippen LogP contribution in [0.15, 0.2) is 212 Å². The zero-order chi connectivity index (χ0) is 36.8. The van der Waals surface area contributed by atoms with E-state index in [1.165, 1.54) is 105 Å². The summed E-state index contributed by atoms with van der Waals surface area (Å²) in [6.07, 6.45) is 0. The fourth-order valence-corrected chi connectivity index (χ4v) is 10.1. The monoisotopic (exact) mass is 709 g/mol. The first-order chi connectivity index (χ1) is 27.8. The van der Waals surface area contributed by atoms with Gasteiger partial charge < -0.3 is 4.57 Å². The average molecular weight is 710 g/mol. The van der Waals surface area contributed by atoms with Gasteiger partial charge in [0.1, 0.15) is 0 Å². The van der Waals surface area contributed by atoms with Crippen molar-refractivity contribution in [3.8, 4) is 61.3 Å². The summed E-state index contributed by atoms with van der Waals surface area (Å²) in [5, 5.41) is 2.53. The van der Waals surface area contributed by atoms with E-state index in [-0.39, 0.29) is 0 Å². The summed E-state index contributed by atoms with van der Waals surface area (Å²) < 4.78 is 2.53. The van der Waals surface area contributed by atoms with Crippen LogP contribution in [0.2, 0.25) is 0 Å². The molecule has 0 amide bonds. The van der Waals surface area contributed by atoms with Crippen LogP contribution in [0.5, 0.6) is 0 Å². The standard InChI is InChI=1S/C55H35N/c1-3-17-36(18-4-1)38-31-39(37-19-5-2-6-20-37)33-40(32-38)41-21-10-15-29-52(41)56-53-30-16-11-25-45(53)47-34-46-44-24-9-14-28-50(44)55(51(46)35-54(47)56)48-26-12-7-22-42(48)43-23-8-13-27-49(43)55/h1-35H. The van der Waals surface area contributed by atoms with E-state index >= 15 is 0 Å². The van der Waals surface area contributed by atoms with Crippen LogP contribution in [0.3, 0.4) is 0 Å². The third-order valence-electron chi connectivity index (χ3n) is 12.4. The zero-order valence-corrected chi connectivity index (χ0v) is 30.7. The summed E-state index contributed by atoms with van der Waals surface area (Å²) in [5.41, 5.74) is 21.1. The molecule has 10 aromatic rings. The van der Waals surface area contributed by atoms with Crippen molar-refractivity contribution < 1.29 is 0 Å². The minimum absolute atomic E-state index is 0.414. The van der Waals surface area contributed by atoms with E-state index in [1.54, 1.807) is 0 Å². The second-order valence-corrected chi connectivity index (χ2v) is 15.2. The Hall–Kier alpha value is -7.22. The van der Waals surface area contributed by atoms with Crippen LogP contribution in [0.25, 0.3) is 83.1 Å². The molecule has 1 nitrogen and oxygen atoms in total. The van der Waals surface area contributed by atoms with E-state index in [0.717, 1.165) is 0 Å². The Bertz CT molecular complexity index is 3080. The molecule has 2 aliphatic rings. The molecule has 0 saturated carbocycles. The first-order valence-corrected chi connectivity index (χ1v) is 19.5. The highest BCUT2D eigenvalue weighted by Crippen LogP contribution is 2.63. The largest absolute Gasteiger partial charge is 0.309 e. The number of para-hydroxylation sites is 2. The summed E-state index contributed by atoms with van der Waals surface area (Å²) in [4.78, 5) is 0. The molecule has 0 unspecified atom stereocenters. The number of fused-ring (bicyclic) bond motifs is 13. The van der Waals surface area contributed by atoms with Gasteiger partial charge in [-0.3, -0.25) is 0 Å². The molecule has 1 aromatic heterocycles. The summed E-state index contributed by atoms with van der Waals surface area (Å²) in [7, 11) is 0. The van der Waals surface area contributed by atoms with Crippen molar-refractivity contribution in [3.05, 3.63) is 235 Å². The predicted octanol–water partition coefficient (Wildman–Crippen LogP) is 14.1. The number of hydrogen-bond acceptors (Lipinski definition) is 0. The van der Waals surface area contributed by atoms with Crippen LogP contribution in [-0.4, -0.2) is 4.57 Å². The van der Waals surface area contributed by atoms with E-state index in [2.05, 4.69) is 217 Å². The first kappa shape index (κ1) is 31.2. The van der Waals surface area contributed by atoms with Crippen molar-refractivity contribution in [2.45, 2.75) is 5.41 Å². The van der Waals surface area contributed by atoms with Crippen molar-refractivity contribution in [2.24, 2.45) is 0 Å². The summed E-state index contributed by atoms with van der Waals surface area (Å²) in [6, 6.07) is 78.8. The zero-order valence-electron chi connectivity index (χ0n) is 30.7. The van der Waals surface area contributed by atoms with Crippen molar-refractivity contribution in [3.63, 3.8) is 0 Å². The lowest BCUT2D eigenvalue weighted by Crippen LogP contribution is -2.25. The molecule has 1 heteroatoms.